The molecular formula is C17H23NO7. The van der Waals surface area contributed by atoms with Gasteiger partial charge < -0.3 is 19.3 Å². The van der Waals surface area contributed by atoms with Gasteiger partial charge in [0, 0.05) is 20.0 Å². The van der Waals surface area contributed by atoms with Gasteiger partial charge in [-0.2, -0.15) is 0 Å². The quantitative estimate of drug-likeness (QED) is 0.421. The van der Waals surface area contributed by atoms with Gasteiger partial charge in [0.2, 0.25) is 5.60 Å². The van der Waals surface area contributed by atoms with E-state index < -0.39 is 29.6 Å². The van der Waals surface area contributed by atoms with Crippen LogP contribution in [0.25, 0.3) is 0 Å². The number of carbonyl (C=O) groups is 3. The van der Waals surface area contributed by atoms with Crippen LogP contribution in [-0.4, -0.2) is 71.5 Å². The SMILES string of the molecule is CC(=O)O[C@@H]1CCN2CC=C(COC(=O)[C@]3(O)[C@H](C)OC(=O)[C@H]3C)[C@@H]12. The number of hydrogen-bond donors (Lipinski definition) is 1. The second kappa shape index (κ2) is 6.42. The van der Waals surface area contributed by atoms with Crippen molar-refractivity contribution in [3.05, 3.63) is 11.6 Å². The number of rotatable bonds is 4. The van der Waals surface area contributed by atoms with Crippen molar-refractivity contribution in [1.82, 2.24) is 4.90 Å². The first-order chi connectivity index (χ1) is 11.7. The molecule has 138 valence electrons. The summed E-state index contributed by atoms with van der Waals surface area (Å²) in [6.45, 7) is 5.76. The standard InChI is InChI=1S/C17H23NO7/c1-9-15(20)24-10(2)17(9,22)16(21)23-8-12-4-6-18-7-5-13(14(12)18)25-11(3)19/h4,9-10,13-14,22H,5-8H2,1-3H3/t9-,10+,13-,14+,17-/m1/s1. The second-order valence-electron chi connectivity index (χ2n) is 6.86. The van der Waals surface area contributed by atoms with Crippen LogP contribution < -0.4 is 0 Å². The average Bonchev–Trinajstić information content (AvgIpc) is 3.18. The Bertz CT molecular complexity index is 630. The van der Waals surface area contributed by atoms with Crippen molar-refractivity contribution in [2.24, 2.45) is 5.92 Å². The lowest BCUT2D eigenvalue weighted by Crippen LogP contribution is -2.50. The molecule has 8 heteroatoms. The van der Waals surface area contributed by atoms with Crippen LogP contribution >= 0.6 is 0 Å². The van der Waals surface area contributed by atoms with E-state index in [2.05, 4.69) is 4.90 Å². The fraction of sp³-hybridized carbons (Fsp3) is 0.706. The first kappa shape index (κ1) is 17.9. The summed E-state index contributed by atoms with van der Waals surface area (Å²) >= 11 is 0. The number of esters is 3. The zero-order chi connectivity index (χ0) is 18.4. The molecule has 0 aromatic carbocycles. The number of carbonyl (C=O) groups excluding carboxylic acids is 3. The van der Waals surface area contributed by atoms with Crippen molar-refractivity contribution in [2.75, 3.05) is 19.7 Å². The van der Waals surface area contributed by atoms with Gasteiger partial charge in [-0.3, -0.25) is 14.5 Å². The van der Waals surface area contributed by atoms with Crippen LogP contribution in [-0.2, 0) is 28.6 Å². The molecule has 0 aromatic rings. The van der Waals surface area contributed by atoms with Crippen LogP contribution in [0, 0.1) is 5.92 Å². The van der Waals surface area contributed by atoms with Crippen LogP contribution in [0.1, 0.15) is 27.2 Å². The molecule has 0 saturated carbocycles. The molecule has 5 atom stereocenters. The highest BCUT2D eigenvalue weighted by Gasteiger charge is 2.59. The maximum absolute atomic E-state index is 12.4. The summed E-state index contributed by atoms with van der Waals surface area (Å²) in [6, 6.07) is -0.109. The molecule has 25 heavy (non-hydrogen) atoms. The average molecular weight is 353 g/mol. The molecule has 0 radical (unpaired) electrons. The summed E-state index contributed by atoms with van der Waals surface area (Å²) in [5.41, 5.74) is -1.15. The number of ether oxygens (including phenoxy) is 3. The van der Waals surface area contributed by atoms with Gasteiger partial charge in [0.15, 0.2) is 0 Å². The molecular weight excluding hydrogens is 330 g/mol. The molecule has 0 aromatic heterocycles. The summed E-state index contributed by atoms with van der Waals surface area (Å²) in [5, 5.41) is 10.6. The lowest BCUT2D eigenvalue weighted by atomic mass is 9.87. The number of aliphatic hydroxyl groups is 1. The molecule has 3 aliphatic heterocycles. The predicted octanol–water partition coefficient (Wildman–Crippen LogP) is -0.212. The third-order valence-corrected chi connectivity index (χ3v) is 5.35. The Hall–Kier alpha value is -1.93. The van der Waals surface area contributed by atoms with Crippen molar-refractivity contribution >= 4 is 17.9 Å². The Labute approximate surface area is 145 Å². The van der Waals surface area contributed by atoms with E-state index in [4.69, 9.17) is 14.2 Å². The van der Waals surface area contributed by atoms with E-state index in [0.717, 1.165) is 18.5 Å². The molecule has 3 heterocycles. The number of hydrogen-bond acceptors (Lipinski definition) is 8. The first-order valence-corrected chi connectivity index (χ1v) is 8.45. The lowest BCUT2D eigenvalue weighted by Gasteiger charge is -2.27. The minimum absolute atomic E-state index is 0.0201. The third-order valence-electron chi connectivity index (χ3n) is 5.35. The topological polar surface area (TPSA) is 102 Å². The molecule has 0 bridgehead atoms. The number of fused-ring (bicyclic) bond motifs is 1. The normalized spacial score (nSPS) is 37.4. The largest absolute Gasteiger partial charge is 0.460 e. The summed E-state index contributed by atoms with van der Waals surface area (Å²) in [6.07, 6.45) is 1.45. The fourth-order valence-electron chi connectivity index (χ4n) is 3.84. The lowest BCUT2D eigenvalue weighted by molar-refractivity contribution is -0.173. The summed E-state index contributed by atoms with van der Waals surface area (Å²) in [7, 11) is 0. The van der Waals surface area contributed by atoms with Crippen molar-refractivity contribution in [1.29, 1.82) is 0 Å². The molecule has 0 unspecified atom stereocenters. The molecule has 3 aliphatic rings. The van der Waals surface area contributed by atoms with Gasteiger partial charge >= 0.3 is 17.9 Å². The summed E-state index contributed by atoms with van der Waals surface area (Å²) in [4.78, 5) is 37.4. The van der Waals surface area contributed by atoms with Crippen LogP contribution in [0.2, 0.25) is 0 Å². The van der Waals surface area contributed by atoms with Gasteiger partial charge in [-0.25, -0.2) is 4.79 Å². The Kier molecular flexibility index (Phi) is 4.59. The third kappa shape index (κ3) is 2.93. The van der Waals surface area contributed by atoms with E-state index in [1.54, 1.807) is 0 Å². The van der Waals surface area contributed by atoms with Gasteiger partial charge in [-0.1, -0.05) is 6.08 Å². The van der Waals surface area contributed by atoms with Crippen LogP contribution in [0.4, 0.5) is 0 Å². The molecule has 1 N–H and O–H groups in total. The Morgan fingerprint density at radius 1 is 1.44 bits per heavy atom. The van der Waals surface area contributed by atoms with E-state index in [-0.39, 0.29) is 24.7 Å². The highest BCUT2D eigenvalue weighted by atomic mass is 16.6. The Morgan fingerprint density at radius 3 is 2.76 bits per heavy atom. The number of cyclic esters (lactones) is 1. The van der Waals surface area contributed by atoms with E-state index >= 15 is 0 Å². The molecule has 0 aliphatic carbocycles. The molecule has 8 nitrogen and oxygen atoms in total. The van der Waals surface area contributed by atoms with Crippen LogP contribution in [0.5, 0.6) is 0 Å². The molecule has 0 amide bonds. The smallest absolute Gasteiger partial charge is 0.343 e. The highest BCUT2D eigenvalue weighted by Crippen LogP contribution is 2.35. The van der Waals surface area contributed by atoms with E-state index in [9.17, 15) is 19.5 Å². The van der Waals surface area contributed by atoms with Crippen molar-refractivity contribution in [3.63, 3.8) is 0 Å². The van der Waals surface area contributed by atoms with E-state index in [1.807, 2.05) is 6.08 Å². The van der Waals surface area contributed by atoms with Crippen molar-refractivity contribution in [3.8, 4) is 0 Å². The fourth-order valence-corrected chi connectivity index (χ4v) is 3.84. The van der Waals surface area contributed by atoms with E-state index in [0.29, 0.717) is 6.54 Å². The number of nitrogens with zero attached hydrogens (tertiary/aromatic N) is 1. The van der Waals surface area contributed by atoms with Gasteiger partial charge in [-0.05, 0) is 25.8 Å². The van der Waals surface area contributed by atoms with Crippen molar-refractivity contribution in [2.45, 2.75) is 51.0 Å². The maximum atomic E-state index is 12.4. The minimum Gasteiger partial charge on any atom is -0.460 e. The maximum Gasteiger partial charge on any atom is 0.343 e. The summed E-state index contributed by atoms with van der Waals surface area (Å²) in [5.74, 6) is -2.82. The monoisotopic (exact) mass is 353 g/mol. The molecule has 3 rings (SSSR count). The van der Waals surface area contributed by atoms with E-state index in [1.165, 1.54) is 20.8 Å². The van der Waals surface area contributed by atoms with Crippen LogP contribution in [0.15, 0.2) is 11.6 Å². The molecule has 2 saturated heterocycles. The zero-order valence-corrected chi connectivity index (χ0v) is 14.6. The van der Waals surface area contributed by atoms with Gasteiger partial charge in [0.25, 0.3) is 0 Å². The highest BCUT2D eigenvalue weighted by molar-refractivity contribution is 5.91. The molecule has 2 fully saturated rings. The second-order valence-corrected chi connectivity index (χ2v) is 6.86. The zero-order valence-electron chi connectivity index (χ0n) is 14.6. The van der Waals surface area contributed by atoms with Gasteiger partial charge in [-0.15, -0.1) is 0 Å². The van der Waals surface area contributed by atoms with Crippen LogP contribution in [0.3, 0.4) is 0 Å². The van der Waals surface area contributed by atoms with Gasteiger partial charge in [0.1, 0.15) is 18.8 Å². The minimum atomic E-state index is -1.99. The predicted molar refractivity (Wildman–Crippen MR) is 84.2 cm³/mol. The Morgan fingerprint density at radius 2 is 2.16 bits per heavy atom. The summed E-state index contributed by atoms with van der Waals surface area (Å²) < 4.78 is 15.6. The first-order valence-electron chi connectivity index (χ1n) is 8.45. The van der Waals surface area contributed by atoms with Crippen molar-refractivity contribution < 1.29 is 33.7 Å². The Balaban J connectivity index is 1.64. The van der Waals surface area contributed by atoms with Gasteiger partial charge in [0.05, 0.1) is 12.0 Å². The molecule has 0 spiro atoms.